The van der Waals surface area contributed by atoms with Gasteiger partial charge in [0.25, 0.3) is 0 Å². The third-order valence-corrected chi connectivity index (χ3v) is 6.02. The Hall–Kier alpha value is -4.20. The number of aliphatic hydroxyl groups is 1. The van der Waals surface area contributed by atoms with Crippen LogP contribution >= 0.6 is 0 Å². The molecule has 4 aromatic rings. The van der Waals surface area contributed by atoms with E-state index >= 15 is 0 Å². The van der Waals surface area contributed by atoms with E-state index in [4.69, 9.17) is 4.74 Å². The molecule has 1 aliphatic heterocycles. The molecule has 1 aliphatic rings. The normalized spacial score (nSPS) is 16.5. The predicted octanol–water partition coefficient (Wildman–Crippen LogP) is 6.53. The van der Waals surface area contributed by atoms with Gasteiger partial charge < -0.3 is 9.84 Å². The number of hydrogen-bond donors (Lipinski definition) is 1. The van der Waals surface area contributed by atoms with E-state index < -0.39 is 11.2 Å². The molecule has 0 fully saturated rings. The number of hydrogen-bond acceptors (Lipinski definition) is 3. The number of diazo groups is 1. The zero-order valence-electron chi connectivity index (χ0n) is 17.3. The lowest BCUT2D eigenvalue weighted by Gasteiger charge is -2.35. The van der Waals surface area contributed by atoms with Crippen LogP contribution in [0, 0.1) is 5.39 Å². The summed E-state index contributed by atoms with van der Waals surface area (Å²) in [6.07, 6.45) is 0. The molecule has 0 saturated carbocycles. The van der Waals surface area contributed by atoms with Gasteiger partial charge in [-0.1, -0.05) is 121 Å². The molecule has 0 saturated heterocycles. The quantitative estimate of drug-likeness (QED) is 0.384. The van der Waals surface area contributed by atoms with Gasteiger partial charge >= 0.3 is 5.70 Å². The van der Waals surface area contributed by atoms with Crippen LogP contribution in [0.3, 0.4) is 0 Å². The summed E-state index contributed by atoms with van der Waals surface area (Å²) in [7, 11) is 0. The third-order valence-electron chi connectivity index (χ3n) is 6.02. The summed E-state index contributed by atoms with van der Waals surface area (Å²) in [4.78, 5) is 3.63. The fourth-order valence-electron chi connectivity index (χ4n) is 4.58. The zero-order valence-corrected chi connectivity index (χ0v) is 17.3. The second kappa shape index (κ2) is 7.81. The van der Waals surface area contributed by atoms with Crippen LogP contribution in [-0.2, 0) is 15.9 Å². The first-order chi connectivity index (χ1) is 15.7. The number of rotatable bonds is 4. The molecule has 5 rings (SSSR count). The monoisotopic (exact) mass is 417 g/mol. The van der Waals surface area contributed by atoms with Gasteiger partial charge in [-0.25, -0.2) is 0 Å². The second-order valence-electron chi connectivity index (χ2n) is 7.73. The summed E-state index contributed by atoms with van der Waals surface area (Å²) < 4.78 is 7.02. The lowest BCUT2D eigenvalue weighted by molar-refractivity contribution is -0.0709. The van der Waals surface area contributed by atoms with E-state index in [0.717, 1.165) is 22.3 Å². The standard InChI is InChI=1S/C28H20N2O2/c29-30-25-26(31)28(23-17-9-3-10-18-23,24-19-11-4-12-20-24)32-27(25,21-13-5-1-6-14-21)22-15-7-2-8-16-22/h1-20H/p+1. The van der Waals surface area contributed by atoms with Crippen LogP contribution in [0.1, 0.15) is 22.3 Å². The first-order valence-electron chi connectivity index (χ1n) is 10.4. The average Bonchev–Trinajstić information content (AvgIpc) is 3.16. The highest BCUT2D eigenvalue weighted by Gasteiger charge is 2.66. The Morgan fingerprint density at radius 3 is 1.16 bits per heavy atom. The molecule has 0 unspecified atom stereocenters. The topological polar surface area (TPSA) is 57.6 Å². The number of aliphatic hydroxyl groups excluding tert-OH is 1. The molecule has 0 amide bonds. The van der Waals surface area contributed by atoms with Gasteiger partial charge in [0.2, 0.25) is 16.8 Å². The first-order valence-corrected chi connectivity index (χ1v) is 10.4. The van der Waals surface area contributed by atoms with Crippen molar-refractivity contribution in [1.29, 1.82) is 5.39 Å². The van der Waals surface area contributed by atoms with Gasteiger partial charge in [0, 0.05) is 11.1 Å². The number of ether oxygens (including phenoxy) is 1. The van der Waals surface area contributed by atoms with Crippen LogP contribution in [0.2, 0.25) is 0 Å². The van der Waals surface area contributed by atoms with Crippen LogP contribution < -0.4 is 0 Å². The molecule has 1 N–H and O–H groups in total. The maximum absolute atomic E-state index is 11.8. The molecule has 0 bridgehead atoms. The fourth-order valence-corrected chi connectivity index (χ4v) is 4.58. The van der Waals surface area contributed by atoms with Crippen LogP contribution in [0.4, 0.5) is 0 Å². The molecule has 0 aliphatic carbocycles. The van der Waals surface area contributed by atoms with Gasteiger partial charge in [0.1, 0.15) is 0 Å². The minimum Gasteiger partial charge on any atom is -0.503 e. The zero-order chi connectivity index (χ0) is 22.0. The molecule has 0 aromatic heterocycles. The lowest BCUT2D eigenvalue weighted by Crippen LogP contribution is -2.37. The maximum atomic E-state index is 11.8. The van der Waals surface area contributed by atoms with Crippen molar-refractivity contribution in [2.24, 2.45) is 0 Å². The van der Waals surface area contributed by atoms with Crippen molar-refractivity contribution in [2.45, 2.75) is 11.2 Å². The lowest BCUT2D eigenvalue weighted by atomic mass is 9.83. The molecule has 1 heterocycles. The number of benzene rings is 4. The first kappa shape index (κ1) is 19.7. The minimum absolute atomic E-state index is 0.0580. The molecule has 0 atom stereocenters. The number of nitrogens with zero attached hydrogens (tertiary/aromatic N) is 2. The Morgan fingerprint density at radius 1 is 0.531 bits per heavy atom. The second-order valence-corrected chi connectivity index (χ2v) is 7.73. The van der Waals surface area contributed by atoms with E-state index in [-0.39, 0.29) is 11.5 Å². The van der Waals surface area contributed by atoms with Gasteiger partial charge in [-0.15, -0.1) is 0 Å². The Morgan fingerprint density at radius 2 is 0.844 bits per heavy atom. The molecular weight excluding hydrogens is 396 g/mol. The van der Waals surface area contributed by atoms with E-state index in [0.29, 0.717) is 0 Å². The maximum Gasteiger partial charge on any atom is 0.442 e. The van der Waals surface area contributed by atoms with Crippen LogP contribution in [0.25, 0.3) is 4.98 Å². The van der Waals surface area contributed by atoms with E-state index in [1.165, 1.54) is 0 Å². The largest absolute Gasteiger partial charge is 0.503 e. The molecule has 4 aromatic carbocycles. The smallest absolute Gasteiger partial charge is 0.442 e. The summed E-state index contributed by atoms with van der Waals surface area (Å²) in [6, 6.07) is 38.2. The van der Waals surface area contributed by atoms with Gasteiger partial charge in [-0.05, 0) is 11.1 Å². The highest BCUT2D eigenvalue weighted by Crippen LogP contribution is 2.58. The van der Waals surface area contributed by atoms with Crippen LogP contribution in [0.5, 0.6) is 0 Å². The summed E-state index contributed by atoms with van der Waals surface area (Å²) >= 11 is 0. The molecular formula is C28H21N2O2+. The van der Waals surface area contributed by atoms with Crippen LogP contribution in [0.15, 0.2) is 133 Å². The van der Waals surface area contributed by atoms with Gasteiger partial charge in [-0.3, -0.25) is 0 Å². The molecule has 0 spiro atoms. The Labute approximate surface area is 186 Å². The molecule has 154 valence electrons. The van der Waals surface area contributed by atoms with E-state index in [1.54, 1.807) is 0 Å². The third kappa shape index (κ3) is 2.76. The van der Waals surface area contributed by atoms with Crippen molar-refractivity contribution >= 4 is 0 Å². The van der Waals surface area contributed by atoms with Crippen molar-refractivity contribution in [3.63, 3.8) is 0 Å². The van der Waals surface area contributed by atoms with Crippen molar-refractivity contribution in [3.05, 3.63) is 160 Å². The van der Waals surface area contributed by atoms with Gasteiger partial charge in [0.05, 0.1) is 0 Å². The molecule has 0 radical (unpaired) electrons. The average molecular weight is 417 g/mol. The summed E-state index contributed by atoms with van der Waals surface area (Å²) in [5.74, 6) is -0.148. The minimum atomic E-state index is -1.37. The van der Waals surface area contributed by atoms with E-state index in [1.807, 2.05) is 121 Å². The molecule has 4 nitrogen and oxygen atoms in total. The van der Waals surface area contributed by atoms with Gasteiger partial charge in [-0.2, -0.15) is 0 Å². The van der Waals surface area contributed by atoms with E-state index in [9.17, 15) is 10.5 Å². The summed E-state index contributed by atoms with van der Waals surface area (Å²) in [5.41, 5.74) is 0.335. The fraction of sp³-hybridized carbons (Fsp3) is 0.0714. The summed E-state index contributed by atoms with van der Waals surface area (Å²) in [6.45, 7) is 0. The highest BCUT2D eigenvalue weighted by molar-refractivity contribution is 5.58. The molecule has 32 heavy (non-hydrogen) atoms. The van der Waals surface area contributed by atoms with Crippen molar-refractivity contribution in [2.75, 3.05) is 0 Å². The Bertz CT molecular complexity index is 1220. The van der Waals surface area contributed by atoms with Crippen molar-refractivity contribution in [1.82, 2.24) is 0 Å². The predicted molar refractivity (Wildman–Crippen MR) is 123 cm³/mol. The Kier molecular flexibility index (Phi) is 4.82. The Balaban J connectivity index is 1.89. The van der Waals surface area contributed by atoms with Gasteiger partial charge in [0.15, 0.2) is 10.6 Å². The van der Waals surface area contributed by atoms with Crippen molar-refractivity contribution < 1.29 is 9.84 Å². The van der Waals surface area contributed by atoms with Crippen LogP contribution in [-0.4, -0.2) is 5.11 Å². The highest BCUT2D eigenvalue weighted by atomic mass is 16.5. The molecule has 4 heteroatoms. The van der Waals surface area contributed by atoms with Crippen molar-refractivity contribution in [3.8, 4) is 0 Å². The van der Waals surface area contributed by atoms with E-state index in [2.05, 4.69) is 4.98 Å². The SMILES string of the molecule is N#[N+]C1=C(O)C(c2ccccc2)(c2ccccc2)OC1(c1ccccc1)c1ccccc1. The summed E-state index contributed by atoms with van der Waals surface area (Å²) in [5, 5.41) is 22.0.